The topological polar surface area (TPSA) is 59.1 Å². The zero-order chi connectivity index (χ0) is 14.0. The van der Waals surface area contributed by atoms with Crippen LogP contribution in [0.4, 0.5) is 0 Å². The first kappa shape index (κ1) is 13.7. The van der Waals surface area contributed by atoms with Crippen molar-refractivity contribution >= 4 is 29.0 Å². The molecule has 0 heterocycles. The second kappa shape index (κ2) is 5.51. The van der Waals surface area contributed by atoms with E-state index in [1.807, 2.05) is 13.0 Å². The lowest BCUT2D eigenvalue weighted by Crippen LogP contribution is -2.13. The molecular formula is C14H12Cl2N2O. The molecule has 3 nitrogen and oxygen atoms in total. The van der Waals surface area contributed by atoms with E-state index in [1.165, 1.54) is 0 Å². The van der Waals surface area contributed by atoms with Gasteiger partial charge in [-0.1, -0.05) is 35.3 Å². The molecule has 0 aliphatic heterocycles. The van der Waals surface area contributed by atoms with Gasteiger partial charge in [0.25, 0.3) is 0 Å². The van der Waals surface area contributed by atoms with Gasteiger partial charge in [0.15, 0.2) is 0 Å². The zero-order valence-electron chi connectivity index (χ0n) is 10.2. The van der Waals surface area contributed by atoms with Crippen molar-refractivity contribution in [3.8, 4) is 11.5 Å². The van der Waals surface area contributed by atoms with Crippen molar-refractivity contribution in [3.05, 3.63) is 57.6 Å². The fourth-order valence-electron chi connectivity index (χ4n) is 1.66. The van der Waals surface area contributed by atoms with Crippen LogP contribution in [-0.4, -0.2) is 5.84 Å². The summed E-state index contributed by atoms with van der Waals surface area (Å²) in [4.78, 5) is 0. The van der Waals surface area contributed by atoms with Crippen molar-refractivity contribution in [2.45, 2.75) is 6.92 Å². The summed E-state index contributed by atoms with van der Waals surface area (Å²) in [6.45, 7) is 1.94. The smallest absolute Gasteiger partial charge is 0.146 e. The molecule has 0 unspecified atom stereocenters. The molecule has 0 spiro atoms. The largest absolute Gasteiger partial charge is 0.455 e. The Morgan fingerprint density at radius 1 is 1.11 bits per heavy atom. The van der Waals surface area contributed by atoms with Gasteiger partial charge in [0.1, 0.15) is 17.3 Å². The zero-order valence-corrected chi connectivity index (χ0v) is 11.7. The molecule has 5 heteroatoms. The third-order valence-corrected chi connectivity index (χ3v) is 3.16. The highest BCUT2D eigenvalue weighted by Gasteiger charge is 2.13. The van der Waals surface area contributed by atoms with E-state index in [0.29, 0.717) is 27.1 Å². The molecule has 0 bridgehead atoms. The van der Waals surface area contributed by atoms with E-state index < -0.39 is 0 Å². The predicted octanol–water partition coefficient (Wildman–Crippen LogP) is 4.38. The quantitative estimate of drug-likeness (QED) is 0.652. The van der Waals surface area contributed by atoms with Crippen LogP contribution in [0.5, 0.6) is 11.5 Å². The molecule has 0 fully saturated rings. The minimum Gasteiger partial charge on any atom is -0.455 e. The average Bonchev–Trinajstić information content (AvgIpc) is 2.32. The first-order chi connectivity index (χ1) is 8.99. The Morgan fingerprint density at radius 3 is 2.47 bits per heavy atom. The molecule has 2 aromatic rings. The van der Waals surface area contributed by atoms with Gasteiger partial charge in [-0.3, -0.25) is 5.41 Å². The molecule has 2 aromatic carbocycles. The molecule has 2 rings (SSSR count). The predicted molar refractivity (Wildman–Crippen MR) is 78.7 cm³/mol. The van der Waals surface area contributed by atoms with Gasteiger partial charge in [-0.15, -0.1) is 0 Å². The summed E-state index contributed by atoms with van der Waals surface area (Å²) in [6, 6.07) is 10.5. The van der Waals surface area contributed by atoms with Gasteiger partial charge in [0, 0.05) is 0 Å². The number of ether oxygens (including phenoxy) is 1. The Kier molecular flexibility index (Phi) is 3.98. The summed E-state index contributed by atoms with van der Waals surface area (Å²) in [5.74, 6) is 0.756. The van der Waals surface area contributed by atoms with Crippen LogP contribution in [0.3, 0.4) is 0 Å². The molecule has 0 saturated heterocycles. The number of amidine groups is 1. The first-order valence-corrected chi connectivity index (χ1v) is 6.31. The van der Waals surface area contributed by atoms with E-state index in [9.17, 15) is 0 Å². The summed E-state index contributed by atoms with van der Waals surface area (Å²) < 4.78 is 5.70. The Balaban J connectivity index is 2.44. The van der Waals surface area contributed by atoms with Crippen molar-refractivity contribution in [1.29, 1.82) is 5.41 Å². The summed E-state index contributed by atoms with van der Waals surface area (Å²) >= 11 is 12.1. The minimum atomic E-state index is -0.149. The number of nitrogen functional groups attached to an aromatic ring is 1. The first-order valence-electron chi connectivity index (χ1n) is 5.56. The number of halogens is 2. The summed E-state index contributed by atoms with van der Waals surface area (Å²) in [6.07, 6.45) is 0. The Bertz CT molecular complexity index is 641. The van der Waals surface area contributed by atoms with Crippen molar-refractivity contribution in [2.24, 2.45) is 5.73 Å². The lowest BCUT2D eigenvalue weighted by Gasteiger charge is -2.12. The SMILES string of the molecule is Cc1ccc(Oc2cccc(Cl)c2C(=N)N)c(Cl)c1. The third-order valence-electron chi connectivity index (χ3n) is 2.55. The Morgan fingerprint density at radius 2 is 1.84 bits per heavy atom. The van der Waals surface area contributed by atoms with Crippen LogP contribution in [0, 0.1) is 12.3 Å². The highest BCUT2D eigenvalue weighted by molar-refractivity contribution is 6.34. The monoisotopic (exact) mass is 294 g/mol. The molecule has 3 N–H and O–H groups in total. The maximum atomic E-state index is 7.55. The lowest BCUT2D eigenvalue weighted by atomic mass is 10.2. The maximum absolute atomic E-state index is 7.55. The van der Waals surface area contributed by atoms with Gasteiger partial charge in [0.05, 0.1) is 15.6 Å². The van der Waals surface area contributed by atoms with Crippen LogP contribution in [-0.2, 0) is 0 Å². The van der Waals surface area contributed by atoms with Crippen LogP contribution >= 0.6 is 23.2 Å². The summed E-state index contributed by atoms with van der Waals surface area (Å²) in [7, 11) is 0. The number of nitrogens with one attached hydrogen (secondary N) is 1. The number of hydrogen-bond acceptors (Lipinski definition) is 2. The van der Waals surface area contributed by atoms with E-state index in [1.54, 1.807) is 30.3 Å². The van der Waals surface area contributed by atoms with Crippen LogP contribution in [0.2, 0.25) is 10.0 Å². The van der Waals surface area contributed by atoms with E-state index in [-0.39, 0.29) is 5.84 Å². The molecule has 19 heavy (non-hydrogen) atoms. The third kappa shape index (κ3) is 3.00. The second-order valence-electron chi connectivity index (χ2n) is 4.06. The minimum absolute atomic E-state index is 0.149. The molecular weight excluding hydrogens is 283 g/mol. The number of rotatable bonds is 3. The summed E-state index contributed by atoms with van der Waals surface area (Å²) in [5.41, 5.74) is 6.92. The normalized spacial score (nSPS) is 10.3. The second-order valence-corrected chi connectivity index (χ2v) is 4.88. The highest BCUT2D eigenvalue weighted by atomic mass is 35.5. The fraction of sp³-hybridized carbons (Fsp3) is 0.0714. The van der Waals surface area contributed by atoms with Crippen LogP contribution in [0.25, 0.3) is 0 Å². The number of nitrogens with two attached hydrogens (primary N) is 1. The van der Waals surface area contributed by atoms with Gasteiger partial charge in [-0.2, -0.15) is 0 Å². The lowest BCUT2D eigenvalue weighted by molar-refractivity contribution is 0.481. The molecule has 0 aromatic heterocycles. The van der Waals surface area contributed by atoms with Gasteiger partial charge in [-0.05, 0) is 36.8 Å². The van der Waals surface area contributed by atoms with Crippen LogP contribution in [0.15, 0.2) is 36.4 Å². The van der Waals surface area contributed by atoms with Gasteiger partial charge in [0.2, 0.25) is 0 Å². The average molecular weight is 295 g/mol. The molecule has 0 radical (unpaired) electrons. The van der Waals surface area contributed by atoms with Crippen LogP contribution < -0.4 is 10.5 Å². The fourth-order valence-corrected chi connectivity index (χ4v) is 2.20. The molecule has 0 atom stereocenters. The van der Waals surface area contributed by atoms with Crippen molar-refractivity contribution in [3.63, 3.8) is 0 Å². The van der Waals surface area contributed by atoms with E-state index in [0.717, 1.165) is 5.56 Å². The molecule has 0 aliphatic rings. The molecule has 0 aliphatic carbocycles. The molecule has 98 valence electrons. The van der Waals surface area contributed by atoms with Gasteiger partial charge >= 0.3 is 0 Å². The number of hydrogen-bond donors (Lipinski definition) is 2. The highest BCUT2D eigenvalue weighted by Crippen LogP contribution is 2.34. The number of aryl methyl sites for hydroxylation is 1. The summed E-state index contributed by atoms with van der Waals surface area (Å²) in [5, 5.41) is 8.41. The van der Waals surface area contributed by atoms with E-state index in [4.69, 9.17) is 39.1 Å². The van der Waals surface area contributed by atoms with Crippen molar-refractivity contribution in [2.75, 3.05) is 0 Å². The van der Waals surface area contributed by atoms with Crippen molar-refractivity contribution in [1.82, 2.24) is 0 Å². The van der Waals surface area contributed by atoms with Crippen LogP contribution in [0.1, 0.15) is 11.1 Å². The maximum Gasteiger partial charge on any atom is 0.146 e. The Labute approximate surface area is 121 Å². The van der Waals surface area contributed by atoms with E-state index in [2.05, 4.69) is 0 Å². The standard InChI is InChI=1S/C14H12Cl2N2O/c1-8-5-6-11(10(16)7-8)19-12-4-2-3-9(15)13(12)14(17)18/h2-7H,1H3,(H3,17,18). The van der Waals surface area contributed by atoms with Gasteiger partial charge in [-0.25, -0.2) is 0 Å². The number of benzene rings is 2. The van der Waals surface area contributed by atoms with Gasteiger partial charge < -0.3 is 10.5 Å². The molecule has 0 amide bonds. The Hall–Kier alpha value is -1.71. The van der Waals surface area contributed by atoms with Crippen molar-refractivity contribution < 1.29 is 4.74 Å². The van der Waals surface area contributed by atoms with E-state index >= 15 is 0 Å². The molecule has 0 saturated carbocycles.